The summed E-state index contributed by atoms with van der Waals surface area (Å²) in [6, 6.07) is 0. The highest BCUT2D eigenvalue weighted by atomic mass is 14.5. The standard InChI is InChI=1S/C27H52/c1-10-18(5)12-23(11-2)19(6)13-20(7)24-15-25(17(3)4)27-22(9)14-21(8)26(27)16-24/h17-27H,10-16H2,1-9H3. The summed E-state index contributed by atoms with van der Waals surface area (Å²) in [7, 11) is 0. The van der Waals surface area contributed by atoms with Crippen LogP contribution in [-0.4, -0.2) is 0 Å². The fourth-order valence-electron chi connectivity index (χ4n) is 7.44. The summed E-state index contributed by atoms with van der Waals surface area (Å²) < 4.78 is 0. The number of fused-ring (bicyclic) bond motifs is 1. The molecular weight excluding hydrogens is 324 g/mol. The van der Waals surface area contributed by atoms with Crippen molar-refractivity contribution in [2.24, 2.45) is 65.1 Å². The molecule has 2 saturated carbocycles. The van der Waals surface area contributed by atoms with Gasteiger partial charge in [0.2, 0.25) is 0 Å². The lowest BCUT2D eigenvalue weighted by Gasteiger charge is -2.46. The molecule has 0 spiro atoms. The van der Waals surface area contributed by atoms with Crippen molar-refractivity contribution >= 4 is 0 Å². The summed E-state index contributed by atoms with van der Waals surface area (Å²) >= 11 is 0. The Hall–Kier alpha value is 0. The van der Waals surface area contributed by atoms with E-state index < -0.39 is 0 Å². The monoisotopic (exact) mass is 376 g/mol. The highest BCUT2D eigenvalue weighted by molar-refractivity contribution is 4.97. The minimum absolute atomic E-state index is 0.867. The quantitative estimate of drug-likeness (QED) is 0.377. The van der Waals surface area contributed by atoms with E-state index in [-0.39, 0.29) is 0 Å². The molecule has 27 heavy (non-hydrogen) atoms. The van der Waals surface area contributed by atoms with Crippen LogP contribution in [0.1, 0.15) is 107 Å². The third kappa shape index (κ3) is 5.54. The molecule has 0 aromatic carbocycles. The van der Waals surface area contributed by atoms with Crippen molar-refractivity contribution in [3.8, 4) is 0 Å². The molecule has 0 amide bonds. The lowest BCUT2D eigenvalue weighted by atomic mass is 9.60. The Bertz CT molecular complexity index is 424. The van der Waals surface area contributed by atoms with E-state index in [0.717, 1.165) is 65.1 Å². The third-order valence-electron chi connectivity index (χ3n) is 9.41. The molecule has 0 heterocycles. The maximum Gasteiger partial charge on any atom is -0.0326 e. The molecule has 10 unspecified atom stereocenters. The molecule has 2 aliphatic rings. The molecule has 0 heteroatoms. The molecular formula is C27H52. The van der Waals surface area contributed by atoms with Crippen LogP contribution in [0.25, 0.3) is 0 Å². The second-order valence-electron chi connectivity index (χ2n) is 11.7. The maximum atomic E-state index is 2.61. The van der Waals surface area contributed by atoms with Gasteiger partial charge in [0.15, 0.2) is 0 Å². The predicted molar refractivity (Wildman–Crippen MR) is 122 cm³/mol. The van der Waals surface area contributed by atoms with Gasteiger partial charge in [0.25, 0.3) is 0 Å². The average molecular weight is 377 g/mol. The van der Waals surface area contributed by atoms with Crippen LogP contribution in [0.2, 0.25) is 0 Å². The zero-order valence-electron chi connectivity index (χ0n) is 20.3. The molecule has 0 saturated heterocycles. The number of rotatable bonds is 9. The molecule has 0 aromatic heterocycles. The molecule has 10 atom stereocenters. The van der Waals surface area contributed by atoms with E-state index in [1.54, 1.807) is 0 Å². The van der Waals surface area contributed by atoms with E-state index >= 15 is 0 Å². The Balaban J connectivity index is 2.02. The van der Waals surface area contributed by atoms with Crippen LogP contribution in [0.5, 0.6) is 0 Å². The fourth-order valence-corrected chi connectivity index (χ4v) is 7.44. The van der Waals surface area contributed by atoms with Gasteiger partial charge in [0, 0.05) is 0 Å². The minimum Gasteiger partial charge on any atom is -0.0651 e. The Morgan fingerprint density at radius 1 is 0.778 bits per heavy atom. The van der Waals surface area contributed by atoms with E-state index in [1.807, 2.05) is 0 Å². The van der Waals surface area contributed by atoms with Crippen LogP contribution in [-0.2, 0) is 0 Å². The van der Waals surface area contributed by atoms with E-state index in [1.165, 1.54) is 44.9 Å². The second kappa shape index (κ2) is 10.2. The van der Waals surface area contributed by atoms with E-state index in [2.05, 4.69) is 62.3 Å². The largest absolute Gasteiger partial charge is 0.0651 e. The van der Waals surface area contributed by atoms with Crippen LogP contribution in [0.3, 0.4) is 0 Å². The predicted octanol–water partition coefficient (Wildman–Crippen LogP) is 8.70. The first-order valence-corrected chi connectivity index (χ1v) is 12.7. The fraction of sp³-hybridized carbons (Fsp3) is 1.00. The van der Waals surface area contributed by atoms with Crippen molar-refractivity contribution in [3.63, 3.8) is 0 Å². The second-order valence-corrected chi connectivity index (χ2v) is 11.7. The SMILES string of the molecule is CCC(C)CC(CC)C(C)CC(C)C1CC(C(C)C)C2C(C)CC(C)C2C1. The lowest BCUT2D eigenvalue weighted by Crippen LogP contribution is -2.38. The smallest absolute Gasteiger partial charge is 0.0326 e. The molecule has 0 aliphatic heterocycles. The van der Waals surface area contributed by atoms with Gasteiger partial charge >= 0.3 is 0 Å². The van der Waals surface area contributed by atoms with Gasteiger partial charge < -0.3 is 0 Å². The van der Waals surface area contributed by atoms with Gasteiger partial charge in [-0.1, -0.05) is 75.2 Å². The van der Waals surface area contributed by atoms with Gasteiger partial charge in [-0.15, -0.1) is 0 Å². The Labute approximate surface area is 172 Å². The Morgan fingerprint density at radius 2 is 1.44 bits per heavy atom. The number of hydrogen-bond donors (Lipinski definition) is 0. The zero-order valence-corrected chi connectivity index (χ0v) is 20.3. The Morgan fingerprint density at radius 3 is 2.00 bits per heavy atom. The van der Waals surface area contributed by atoms with Crippen molar-refractivity contribution in [1.29, 1.82) is 0 Å². The van der Waals surface area contributed by atoms with Gasteiger partial charge in [-0.25, -0.2) is 0 Å². The first kappa shape index (κ1) is 23.3. The normalized spacial score (nSPS) is 38.4. The van der Waals surface area contributed by atoms with Gasteiger partial charge in [-0.05, 0) is 97.2 Å². The summed E-state index contributed by atoms with van der Waals surface area (Å²) in [4.78, 5) is 0. The molecule has 0 radical (unpaired) electrons. The summed E-state index contributed by atoms with van der Waals surface area (Å²) in [5.74, 6) is 10.4. The highest BCUT2D eigenvalue weighted by Gasteiger charge is 2.48. The molecule has 160 valence electrons. The van der Waals surface area contributed by atoms with Crippen LogP contribution < -0.4 is 0 Å². The van der Waals surface area contributed by atoms with E-state index in [0.29, 0.717) is 0 Å². The van der Waals surface area contributed by atoms with Crippen LogP contribution >= 0.6 is 0 Å². The van der Waals surface area contributed by atoms with Crippen molar-refractivity contribution in [3.05, 3.63) is 0 Å². The maximum absolute atomic E-state index is 2.61. The molecule has 0 bridgehead atoms. The molecule has 0 nitrogen and oxygen atoms in total. The topological polar surface area (TPSA) is 0 Å². The van der Waals surface area contributed by atoms with Crippen molar-refractivity contribution in [2.75, 3.05) is 0 Å². The van der Waals surface area contributed by atoms with E-state index in [9.17, 15) is 0 Å². The molecule has 0 N–H and O–H groups in total. The van der Waals surface area contributed by atoms with Crippen LogP contribution in [0, 0.1) is 65.1 Å². The van der Waals surface area contributed by atoms with E-state index in [4.69, 9.17) is 0 Å². The van der Waals surface area contributed by atoms with Crippen molar-refractivity contribution in [1.82, 2.24) is 0 Å². The molecule has 2 fully saturated rings. The van der Waals surface area contributed by atoms with Gasteiger partial charge in [0.05, 0.1) is 0 Å². The third-order valence-corrected chi connectivity index (χ3v) is 9.41. The summed E-state index contributed by atoms with van der Waals surface area (Å²) in [5.41, 5.74) is 0. The average Bonchev–Trinajstić information content (AvgIpc) is 2.92. The first-order chi connectivity index (χ1) is 12.7. The zero-order chi connectivity index (χ0) is 20.3. The van der Waals surface area contributed by atoms with Gasteiger partial charge in [-0.3, -0.25) is 0 Å². The first-order valence-electron chi connectivity index (χ1n) is 12.7. The molecule has 0 aromatic rings. The van der Waals surface area contributed by atoms with Gasteiger partial charge in [0.1, 0.15) is 0 Å². The van der Waals surface area contributed by atoms with Crippen molar-refractivity contribution < 1.29 is 0 Å². The van der Waals surface area contributed by atoms with Crippen LogP contribution in [0.4, 0.5) is 0 Å². The summed E-state index contributed by atoms with van der Waals surface area (Å²) in [6.45, 7) is 22.6. The Kier molecular flexibility index (Phi) is 8.76. The van der Waals surface area contributed by atoms with Gasteiger partial charge in [-0.2, -0.15) is 0 Å². The van der Waals surface area contributed by atoms with Crippen LogP contribution in [0.15, 0.2) is 0 Å². The summed E-state index contributed by atoms with van der Waals surface area (Å²) in [5, 5.41) is 0. The minimum atomic E-state index is 0.867. The summed E-state index contributed by atoms with van der Waals surface area (Å²) in [6.07, 6.45) is 10.2. The number of hydrogen-bond acceptors (Lipinski definition) is 0. The molecule has 2 rings (SSSR count). The highest BCUT2D eigenvalue weighted by Crippen LogP contribution is 2.56. The van der Waals surface area contributed by atoms with Crippen molar-refractivity contribution in [2.45, 2.75) is 107 Å². The lowest BCUT2D eigenvalue weighted by molar-refractivity contribution is 0.0340. The molecule has 2 aliphatic carbocycles.